The number of aliphatic hydroxyl groups excluding tert-OH is 1. The lowest BCUT2D eigenvalue weighted by Crippen LogP contribution is -2.56. The summed E-state index contributed by atoms with van der Waals surface area (Å²) in [5.74, 6) is 0.271. The number of nitrogens with two attached hydrogens (primary N) is 1. The van der Waals surface area contributed by atoms with Crippen molar-refractivity contribution in [1.29, 1.82) is 0 Å². The molecule has 0 aromatic heterocycles. The first kappa shape index (κ1) is 12.5. The van der Waals surface area contributed by atoms with Gasteiger partial charge in [-0.15, -0.1) is 0 Å². The van der Waals surface area contributed by atoms with Crippen molar-refractivity contribution in [2.24, 2.45) is 11.7 Å². The molecule has 1 rings (SSSR count). The second-order valence-corrected chi connectivity index (χ2v) is 4.95. The van der Waals surface area contributed by atoms with Gasteiger partial charge in [-0.25, -0.2) is 0 Å². The number of nitrogens with one attached hydrogen (secondary N) is 1. The average Bonchev–Trinajstić information content (AvgIpc) is 2.11. The largest absolute Gasteiger partial charge is 0.394 e. The molecule has 4 N–H and O–H groups in total. The number of hydrogen-bond donors (Lipinski definition) is 3. The van der Waals surface area contributed by atoms with Gasteiger partial charge >= 0.3 is 0 Å². The van der Waals surface area contributed by atoms with E-state index in [2.05, 4.69) is 5.32 Å². The minimum absolute atomic E-state index is 0.0371. The van der Waals surface area contributed by atoms with Crippen molar-refractivity contribution in [3.8, 4) is 0 Å². The maximum absolute atomic E-state index is 11.6. The van der Waals surface area contributed by atoms with Crippen molar-refractivity contribution < 1.29 is 9.90 Å². The predicted octanol–water partition coefficient (Wildman–Crippen LogP) is 0.391. The van der Waals surface area contributed by atoms with Gasteiger partial charge in [0.1, 0.15) is 0 Å². The van der Waals surface area contributed by atoms with Gasteiger partial charge in [0.15, 0.2) is 0 Å². The zero-order chi connectivity index (χ0) is 11.5. The van der Waals surface area contributed by atoms with E-state index >= 15 is 0 Å². The summed E-state index contributed by atoms with van der Waals surface area (Å²) in [7, 11) is 0. The SMILES string of the molecule is CC(C)C(N)CC(=O)NC1(CO)CCC1. The highest BCUT2D eigenvalue weighted by Crippen LogP contribution is 2.31. The molecule has 0 aliphatic heterocycles. The third-order valence-electron chi connectivity index (χ3n) is 3.30. The smallest absolute Gasteiger partial charge is 0.222 e. The Kier molecular flexibility index (Phi) is 4.11. The van der Waals surface area contributed by atoms with Crippen LogP contribution in [0.3, 0.4) is 0 Å². The Bertz CT molecular complexity index is 219. The molecule has 1 aliphatic carbocycles. The molecule has 0 bridgehead atoms. The molecule has 4 heteroatoms. The van der Waals surface area contributed by atoms with E-state index in [1.807, 2.05) is 13.8 Å². The standard InChI is InChI=1S/C11H22N2O2/c1-8(2)9(12)6-10(15)13-11(7-14)4-3-5-11/h8-9,14H,3-7,12H2,1-2H3,(H,13,15). The summed E-state index contributed by atoms with van der Waals surface area (Å²) in [5.41, 5.74) is 5.47. The summed E-state index contributed by atoms with van der Waals surface area (Å²) in [6, 6.07) is -0.0965. The summed E-state index contributed by atoms with van der Waals surface area (Å²) < 4.78 is 0. The number of hydrogen-bond acceptors (Lipinski definition) is 3. The van der Waals surface area contributed by atoms with Crippen LogP contribution in [0.2, 0.25) is 0 Å². The number of rotatable bonds is 5. The summed E-state index contributed by atoms with van der Waals surface area (Å²) >= 11 is 0. The molecule has 0 aromatic rings. The van der Waals surface area contributed by atoms with Crippen LogP contribution in [0.25, 0.3) is 0 Å². The first-order valence-corrected chi connectivity index (χ1v) is 5.66. The summed E-state index contributed by atoms with van der Waals surface area (Å²) in [4.78, 5) is 11.6. The highest BCUT2D eigenvalue weighted by molar-refractivity contribution is 5.77. The normalized spacial score (nSPS) is 20.9. The van der Waals surface area contributed by atoms with E-state index in [0.717, 1.165) is 19.3 Å². The van der Waals surface area contributed by atoms with Crippen LogP contribution in [0.5, 0.6) is 0 Å². The van der Waals surface area contributed by atoms with Gasteiger partial charge in [0.05, 0.1) is 12.1 Å². The van der Waals surface area contributed by atoms with E-state index in [4.69, 9.17) is 5.73 Å². The molecule has 1 atom stereocenters. The van der Waals surface area contributed by atoms with Crippen LogP contribution in [0.15, 0.2) is 0 Å². The fraction of sp³-hybridized carbons (Fsp3) is 0.909. The number of carbonyl (C=O) groups excluding carboxylic acids is 1. The van der Waals surface area contributed by atoms with E-state index in [9.17, 15) is 9.90 Å². The Morgan fingerprint density at radius 2 is 2.13 bits per heavy atom. The maximum Gasteiger partial charge on any atom is 0.222 e. The highest BCUT2D eigenvalue weighted by Gasteiger charge is 2.37. The van der Waals surface area contributed by atoms with Crippen LogP contribution in [-0.2, 0) is 4.79 Å². The molecule has 0 heterocycles. The average molecular weight is 214 g/mol. The van der Waals surface area contributed by atoms with Crippen molar-refractivity contribution in [2.75, 3.05) is 6.61 Å². The monoisotopic (exact) mass is 214 g/mol. The molecule has 88 valence electrons. The summed E-state index contributed by atoms with van der Waals surface area (Å²) in [6.45, 7) is 4.04. The van der Waals surface area contributed by atoms with Gasteiger partial charge in [0, 0.05) is 12.5 Å². The fourth-order valence-corrected chi connectivity index (χ4v) is 1.72. The van der Waals surface area contributed by atoms with E-state index in [1.165, 1.54) is 0 Å². The van der Waals surface area contributed by atoms with Crippen molar-refractivity contribution in [2.45, 2.75) is 51.1 Å². The first-order valence-electron chi connectivity index (χ1n) is 5.66. The lowest BCUT2D eigenvalue weighted by Gasteiger charge is -2.41. The number of amides is 1. The van der Waals surface area contributed by atoms with Gasteiger partial charge in [-0.3, -0.25) is 4.79 Å². The molecule has 1 fully saturated rings. The second kappa shape index (κ2) is 4.94. The van der Waals surface area contributed by atoms with Gasteiger partial charge in [-0.1, -0.05) is 13.8 Å². The molecule has 4 nitrogen and oxygen atoms in total. The molecule has 0 saturated heterocycles. The third kappa shape index (κ3) is 3.18. The molecule has 1 unspecified atom stereocenters. The molecule has 15 heavy (non-hydrogen) atoms. The fourth-order valence-electron chi connectivity index (χ4n) is 1.72. The lowest BCUT2D eigenvalue weighted by atomic mass is 9.77. The van der Waals surface area contributed by atoms with Crippen molar-refractivity contribution in [3.63, 3.8) is 0 Å². The van der Waals surface area contributed by atoms with Crippen LogP contribution in [0.4, 0.5) is 0 Å². The van der Waals surface area contributed by atoms with Gasteiger partial charge < -0.3 is 16.2 Å². The lowest BCUT2D eigenvalue weighted by molar-refractivity contribution is -0.125. The Morgan fingerprint density at radius 3 is 2.47 bits per heavy atom. The molecular formula is C11H22N2O2. The van der Waals surface area contributed by atoms with Gasteiger partial charge in [0.2, 0.25) is 5.91 Å². The highest BCUT2D eigenvalue weighted by atomic mass is 16.3. The first-order chi connectivity index (χ1) is 6.99. The van der Waals surface area contributed by atoms with Crippen LogP contribution >= 0.6 is 0 Å². The zero-order valence-electron chi connectivity index (χ0n) is 9.62. The van der Waals surface area contributed by atoms with Gasteiger partial charge in [0.25, 0.3) is 0 Å². The Hall–Kier alpha value is -0.610. The van der Waals surface area contributed by atoms with Crippen LogP contribution in [0.1, 0.15) is 39.5 Å². The number of aliphatic hydroxyl groups is 1. The Balaban J connectivity index is 2.35. The molecule has 1 aliphatic rings. The summed E-state index contributed by atoms with van der Waals surface area (Å²) in [5, 5.41) is 12.1. The molecule has 1 saturated carbocycles. The molecule has 0 spiro atoms. The molecule has 1 amide bonds. The van der Waals surface area contributed by atoms with E-state index in [0.29, 0.717) is 12.3 Å². The predicted molar refractivity (Wildman–Crippen MR) is 59.2 cm³/mol. The van der Waals surface area contributed by atoms with Crippen LogP contribution in [-0.4, -0.2) is 29.2 Å². The van der Waals surface area contributed by atoms with E-state index in [1.54, 1.807) is 0 Å². The van der Waals surface area contributed by atoms with E-state index < -0.39 is 0 Å². The minimum atomic E-state index is -0.340. The molecular weight excluding hydrogens is 192 g/mol. The third-order valence-corrected chi connectivity index (χ3v) is 3.30. The van der Waals surface area contributed by atoms with Crippen molar-refractivity contribution in [3.05, 3.63) is 0 Å². The summed E-state index contributed by atoms with van der Waals surface area (Å²) in [6.07, 6.45) is 3.19. The minimum Gasteiger partial charge on any atom is -0.394 e. The van der Waals surface area contributed by atoms with Crippen molar-refractivity contribution >= 4 is 5.91 Å². The van der Waals surface area contributed by atoms with E-state index in [-0.39, 0.29) is 24.1 Å². The molecule has 0 aromatic carbocycles. The second-order valence-electron chi connectivity index (χ2n) is 4.95. The van der Waals surface area contributed by atoms with Gasteiger partial charge in [-0.05, 0) is 25.2 Å². The van der Waals surface area contributed by atoms with Crippen LogP contribution < -0.4 is 11.1 Å². The quantitative estimate of drug-likeness (QED) is 0.619. The topological polar surface area (TPSA) is 75.4 Å². The zero-order valence-corrected chi connectivity index (χ0v) is 9.62. The Labute approximate surface area is 91.2 Å². The number of carbonyl (C=O) groups is 1. The van der Waals surface area contributed by atoms with Gasteiger partial charge in [-0.2, -0.15) is 0 Å². The Morgan fingerprint density at radius 1 is 1.53 bits per heavy atom. The van der Waals surface area contributed by atoms with Crippen molar-refractivity contribution in [1.82, 2.24) is 5.32 Å². The molecule has 0 radical (unpaired) electrons. The van der Waals surface area contributed by atoms with Crippen LogP contribution in [0, 0.1) is 5.92 Å². The maximum atomic E-state index is 11.6.